The molecule has 0 bridgehead atoms. The highest BCUT2D eigenvalue weighted by atomic mass is 19.4. The number of fused-ring (bicyclic) bond motifs is 1. The predicted molar refractivity (Wildman–Crippen MR) is 136 cm³/mol. The summed E-state index contributed by atoms with van der Waals surface area (Å²) in [6.45, 7) is 5.18. The second-order valence-electron chi connectivity index (χ2n) is 10.4. The molecule has 0 spiro atoms. The zero-order chi connectivity index (χ0) is 26.7. The van der Waals surface area contributed by atoms with Crippen LogP contribution in [0.25, 0.3) is 6.08 Å². The molecule has 0 radical (unpaired) electrons. The van der Waals surface area contributed by atoms with E-state index in [0.29, 0.717) is 28.9 Å². The van der Waals surface area contributed by atoms with Gasteiger partial charge >= 0.3 is 6.36 Å². The van der Waals surface area contributed by atoms with Crippen molar-refractivity contribution in [2.45, 2.75) is 50.0 Å². The molecule has 4 rings (SSSR count). The minimum atomic E-state index is -5.01. The number of carbonyl (C=O) groups excluding carboxylic acids is 1. The Bertz CT molecular complexity index is 1150. The van der Waals surface area contributed by atoms with Crippen molar-refractivity contribution in [2.24, 2.45) is 5.92 Å². The van der Waals surface area contributed by atoms with Gasteiger partial charge in [-0.3, -0.25) is 10.1 Å². The quantitative estimate of drug-likeness (QED) is 0.210. The van der Waals surface area contributed by atoms with Gasteiger partial charge in [-0.1, -0.05) is 61.9 Å². The standard InChI is InChI=1S/C29H33F3N2O3/c1-3-16-34(2)20-23-12-7-8-15-28(23,22-13-9-14-24(35)18-22)19-26(34)33-27(36)25(37-29(30,31)32)17-21-10-5-4-6-11-21/h3-6,9-11,13-14,17-18,23,26H,1,7-8,12,15-16,19-20H2,2H3,(H-,33,35,36)/p+1/t23?,26-,28?,34+/m0/s1. The van der Waals surface area contributed by atoms with E-state index in [9.17, 15) is 23.1 Å². The number of phenols is 1. The molecular formula is C29H34F3N2O3+. The first-order chi connectivity index (χ1) is 17.5. The molecule has 1 aliphatic heterocycles. The molecule has 5 nitrogen and oxygen atoms in total. The molecule has 2 aliphatic rings. The Balaban J connectivity index is 1.70. The van der Waals surface area contributed by atoms with E-state index in [1.165, 1.54) is 0 Å². The Morgan fingerprint density at radius 1 is 1.22 bits per heavy atom. The smallest absolute Gasteiger partial charge is 0.508 e. The molecule has 2 unspecified atom stereocenters. The lowest BCUT2D eigenvalue weighted by molar-refractivity contribution is -0.940. The lowest BCUT2D eigenvalue weighted by Gasteiger charge is -2.57. The van der Waals surface area contributed by atoms with E-state index < -0.39 is 24.2 Å². The maximum Gasteiger partial charge on any atom is 0.573 e. The van der Waals surface area contributed by atoms with E-state index in [4.69, 9.17) is 0 Å². The van der Waals surface area contributed by atoms with E-state index in [0.717, 1.165) is 43.9 Å². The third-order valence-corrected chi connectivity index (χ3v) is 7.97. The Morgan fingerprint density at radius 2 is 1.97 bits per heavy atom. The molecule has 2 aromatic rings. The zero-order valence-electron chi connectivity index (χ0n) is 21.0. The van der Waals surface area contributed by atoms with Crippen molar-refractivity contribution in [1.29, 1.82) is 0 Å². The normalized spacial score (nSPS) is 28.2. The van der Waals surface area contributed by atoms with E-state index in [2.05, 4.69) is 16.6 Å². The summed E-state index contributed by atoms with van der Waals surface area (Å²) in [4.78, 5) is 13.4. The number of alkyl halides is 3. The van der Waals surface area contributed by atoms with Gasteiger partial charge in [-0.25, -0.2) is 0 Å². The topological polar surface area (TPSA) is 58.6 Å². The van der Waals surface area contributed by atoms with Crippen LogP contribution in [-0.4, -0.2) is 48.2 Å². The molecule has 4 atom stereocenters. The van der Waals surface area contributed by atoms with Crippen molar-refractivity contribution in [1.82, 2.24) is 5.32 Å². The summed E-state index contributed by atoms with van der Waals surface area (Å²) in [6, 6.07) is 15.6. The fourth-order valence-corrected chi connectivity index (χ4v) is 6.25. The maximum absolute atomic E-state index is 13.4. The Morgan fingerprint density at radius 3 is 2.65 bits per heavy atom. The number of ether oxygens (including phenoxy) is 1. The van der Waals surface area contributed by atoms with Gasteiger partial charge in [0.05, 0.1) is 20.1 Å². The van der Waals surface area contributed by atoms with E-state index in [1.54, 1.807) is 48.5 Å². The van der Waals surface area contributed by atoms with Crippen molar-refractivity contribution in [3.8, 4) is 5.75 Å². The molecule has 2 N–H and O–H groups in total. The molecule has 1 saturated heterocycles. The Hall–Kier alpha value is -3.26. The number of halogens is 3. The van der Waals surface area contributed by atoms with Crippen LogP contribution in [0.4, 0.5) is 13.2 Å². The average molecular weight is 516 g/mol. The monoisotopic (exact) mass is 515 g/mol. The first-order valence-corrected chi connectivity index (χ1v) is 12.6. The van der Waals surface area contributed by atoms with Gasteiger partial charge in [0.1, 0.15) is 5.75 Å². The van der Waals surface area contributed by atoms with Crippen LogP contribution in [0.1, 0.15) is 43.2 Å². The summed E-state index contributed by atoms with van der Waals surface area (Å²) in [5.74, 6) is -1.25. The third-order valence-electron chi connectivity index (χ3n) is 7.97. The van der Waals surface area contributed by atoms with E-state index >= 15 is 0 Å². The highest BCUT2D eigenvalue weighted by Crippen LogP contribution is 2.52. The summed E-state index contributed by atoms with van der Waals surface area (Å²) in [7, 11) is 2.01. The molecule has 2 fully saturated rings. The van der Waals surface area contributed by atoms with Crippen LogP contribution < -0.4 is 5.32 Å². The minimum absolute atomic E-state index is 0.178. The van der Waals surface area contributed by atoms with Gasteiger partial charge in [0.15, 0.2) is 11.9 Å². The van der Waals surface area contributed by atoms with Gasteiger partial charge in [0.2, 0.25) is 0 Å². The number of carbonyl (C=O) groups is 1. The molecule has 37 heavy (non-hydrogen) atoms. The highest BCUT2D eigenvalue weighted by molar-refractivity contribution is 5.96. The maximum atomic E-state index is 13.4. The molecule has 1 saturated carbocycles. The molecule has 1 heterocycles. The first kappa shape index (κ1) is 26.8. The third kappa shape index (κ3) is 6.01. The first-order valence-electron chi connectivity index (χ1n) is 12.6. The van der Waals surface area contributed by atoms with Gasteiger partial charge in [-0.2, -0.15) is 0 Å². The number of aromatic hydroxyl groups is 1. The summed E-state index contributed by atoms with van der Waals surface area (Å²) < 4.78 is 44.4. The van der Waals surface area contributed by atoms with Crippen molar-refractivity contribution < 1.29 is 32.3 Å². The molecule has 8 heteroatoms. The summed E-state index contributed by atoms with van der Waals surface area (Å²) in [5, 5.41) is 13.1. The predicted octanol–water partition coefficient (Wildman–Crippen LogP) is 5.88. The number of nitrogens with one attached hydrogen (secondary N) is 1. The average Bonchev–Trinajstić information content (AvgIpc) is 2.84. The van der Waals surface area contributed by atoms with Crippen molar-refractivity contribution in [3.63, 3.8) is 0 Å². The molecule has 0 aromatic heterocycles. The van der Waals surface area contributed by atoms with E-state index in [-0.39, 0.29) is 11.2 Å². The molecule has 198 valence electrons. The van der Waals surface area contributed by atoms with Crippen molar-refractivity contribution in [3.05, 3.63) is 84.1 Å². The number of hydrogen-bond acceptors (Lipinski definition) is 3. The zero-order valence-corrected chi connectivity index (χ0v) is 21.0. The van der Waals surface area contributed by atoms with Crippen molar-refractivity contribution >= 4 is 12.0 Å². The summed E-state index contributed by atoms with van der Waals surface area (Å²) >= 11 is 0. The lowest BCUT2D eigenvalue weighted by Crippen LogP contribution is -2.69. The van der Waals surface area contributed by atoms with Crippen LogP contribution >= 0.6 is 0 Å². The fourth-order valence-electron chi connectivity index (χ4n) is 6.25. The number of benzene rings is 2. The Kier molecular flexibility index (Phi) is 7.69. The number of quaternary nitrogens is 1. The molecule has 1 amide bonds. The number of rotatable bonds is 7. The molecule has 1 aliphatic carbocycles. The summed E-state index contributed by atoms with van der Waals surface area (Å²) in [6.07, 6.45) is 1.93. The fraction of sp³-hybridized carbons (Fsp3) is 0.414. The van der Waals surface area contributed by atoms with Gasteiger partial charge < -0.3 is 14.3 Å². The van der Waals surface area contributed by atoms with Crippen molar-refractivity contribution in [2.75, 3.05) is 20.1 Å². The number of piperidine rings is 1. The van der Waals surface area contributed by atoms with Gasteiger partial charge in [-0.05, 0) is 48.3 Å². The molecule has 2 aromatic carbocycles. The largest absolute Gasteiger partial charge is 0.573 e. The van der Waals surface area contributed by atoms with Crippen LogP contribution in [-0.2, 0) is 14.9 Å². The Labute approximate surface area is 215 Å². The second-order valence-corrected chi connectivity index (χ2v) is 10.4. The SMILES string of the molecule is C=CC[N@+]1(C)CC2CCCCC2(c2cccc(O)c2)C[C@H]1NC(=O)C(=Cc1ccccc1)OC(F)(F)F. The number of likely N-dealkylation sites (N-methyl/N-ethyl adjacent to an activating group) is 1. The van der Waals surface area contributed by atoms with E-state index in [1.807, 2.05) is 19.2 Å². The number of likely N-dealkylation sites (tertiary alicyclic amines) is 1. The van der Waals surface area contributed by atoms with Crippen LogP contribution in [0, 0.1) is 5.92 Å². The lowest BCUT2D eigenvalue weighted by atomic mass is 9.58. The number of amides is 1. The van der Waals surface area contributed by atoms with Gasteiger partial charge in [-0.15, -0.1) is 13.2 Å². The second kappa shape index (κ2) is 10.6. The van der Waals surface area contributed by atoms with Gasteiger partial charge in [0.25, 0.3) is 5.91 Å². The van der Waals surface area contributed by atoms with Gasteiger partial charge in [0, 0.05) is 17.8 Å². The van der Waals surface area contributed by atoms with Crippen LogP contribution in [0.2, 0.25) is 0 Å². The van der Waals surface area contributed by atoms with Crippen LogP contribution in [0.3, 0.4) is 0 Å². The number of hydrogen-bond donors (Lipinski definition) is 2. The summed E-state index contributed by atoms with van der Waals surface area (Å²) in [5.41, 5.74) is 1.13. The minimum Gasteiger partial charge on any atom is -0.508 e. The molecular weight excluding hydrogens is 481 g/mol. The number of phenolic OH excluding ortho intramolecular Hbond substituents is 1. The highest BCUT2D eigenvalue weighted by Gasteiger charge is 2.55. The van der Waals surface area contributed by atoms with Crippen LogP contribution in [0.15, 0.2) is 73.0 Å². The number of nitrogens with zero attached hydrogens (tertiary/aromatic N) is 1. The van der Waals surface area contributed by atoms with Crippen LogP contribution in [0.5, 0.6) is 5.75 Å².